The molecule has 0 unspecified atom stereocenters. The summed E-state index contributed by atoms with van der Waals surface area (Å²) in [4.78, 5) is 7.22. The molecule has 0 N–H and O–H groups in total. The van der Waals surface area contributed by atoms with E-state index >= 15 is 0 Å². The van der Waals surface area contributed by atoms with Crippen molar-refractivity contribution in [1.29, 1.82) is 0 Å². The molecule has 0 saturated carbocycles. The smallest absolute Gasteiger partial charge is 0.674 e. The summed E-state index contributed by atoms with van der Waals surface area (Å²) in [5.41, 5.74) is 0. The van der Waals surface area contributed by atoms with Gasteiger partial charge in [-0.25, -0.2) is 12.8 Å². The van der Waals surface area contributed by atoms with Crippen LogP contribution in [-0.2, 0) is 29.0 Å². The fourth-order valence-electron chi connectivity index (χ4n) is 0.798. The Hall–Kier alpha value is -1.22. The molecule has 0 radical (unpaired) electrons. The van der Waals surface area contributed by atoms with Crippen molar-refractivity contribution in [3.8, 4) is 0 Å². The van der Waals surface area contributed by atoms with Gasteiger partial charge >= 0.3 is 19.5 Å². The number of benzene rings is 1. The Balaban J connectivity index is 0.000000221. The Morgan fingerprint density at radius 1 is 0.824 bits per heavy atom. The molecule has 0 spiro atoms. The molecule has 4 nitrogen and oxygen atoms in total. The molecule has 0 atom stereocenters. The second kappa shape index (κ2) is 12.9. The third-order valence-corrected chi connectivity index (χ3v) is 1.48. The van der Waals surface area contributed by atoms with Crippen LogP contribution in [0.1, 0.15) is 0 Å². The van der Waals surface area contributed by atoms with Gasteiger partial charge in [-0.15, -0.1) is 0 Å². The van der Waals surface area contributed by atoms with Crippen molar-refractivity contribution < 1.29 is 29.0 Å². The average Bonchev–Trinajstić information content (AvgIpc) is 3.10. The first-order valence-electron chi connectivity index (χ1n) is 4.98. The van der Waals surface area contributed by atoms with E-state index in [-0.39, 0.29) is 19.5 Å². The van der Waals surface area contributed by atoms with Gasteiger partial charge in [0, 0.05) is 13.1 Å². The van der Waals surface area contributed by atoms with Gasteiger partial charge in [0.15, 0.2) is 0 Å². The molecule has 5 heteroatoms. The molecule has 2 aliphatic heterocycles. The molecule has 1 aromatic rings. The largest absolute Gasteiger partial charge is 3.00 e. The minimum atomic E-state index is 0. The second-order valence-corrected chi connectivity index (χ2v) is 2.72. The van der Waals surface area contributed by atoms with Gasteiger partial charge in [-0.3, -0.25) is 0 Å². The molecule has 0 fully saturated rings. The molecular formula is C12H13N2O2Rh. The van der Waals surface area contributed by atoms with Crippen LogP contribution < -0.4 is 0 Å². The summed E-state index contributed by atoms with van der Waals surface area (Å²) in [6, 6.07) is 12.5. The summed E-state index contributed by atoms with van der Waals surface area (Å²) >= 11 is 0. The van der Waals surface area contributed by atoms with Gasteiger partial charge in [0.05, 0.1) is 13.2 Å². The molecule has 1 aromatic carbocycles. The van der Waals surface area contributed by atoms with E-state index in [9.17, 15) is 0 Å². The van der Waals surface area contributed by atoms with Crippen LogP contribution in [0.3, 0.4) is 0 Å². The SMILES string of the molecule is [C-]1=NCCO1.[C-]1=NCCO1.[Rh+3].[c-]1ccccc1. The first-order chi connectivity index (χ1) is 8.00. The third-order valence-electron chi connectivity index (χ3n) is 1.48. The zero-order valence-corrected chi connectivity index (χ0v) is 10.9. The van der Waals surface area contributed by atoms with E-state index in [4.69, 9.17) is 0 Å². The van der Waals surface area contributed by atoms with Crippen LogP contribution in [0.5, 0.6) is 0 Å². The van der Waals surface area contributed by atoms with Crippen molar-refractivity contribution >= 4 is 12.8 Å². The Kier molecular flexibility index (Phi) is 11.9. The van der Waals surface area contributed by atoms with Gasteiger partial charge in [-0.1, -0.05) is 0 Å². The van der Waals surface area contributed by atoms with E-state index in [0.29, 0.717) is 0 Å². The van der Waals surface area contributed by atoms with Gasteiger partial charge in [-0.2, -0.15) is 36.4 Å². The molecule has 2 heterocycles. The van der Waals surface area contributed by atoms with Crippen molar-refractivity contribution in [2.75, 3.05) is 26.3 Å². The number of hydrogen-bond acceptors (Lipinski definition) is 4. The van der Waals surface area contributed by atoms with Crippen LogP contribution >= 0.6 is 0 Å². The van der Waals surface area contributed by atoms with E-state index in [0.717, 1.165) is 26.3 Å². The first-order valence-corrected chi connectivity index (χ1v) is 4.98. The van der Waals surface area contributed by atoms with Crippen LogP contribution in [0.25, 0.3) is 0 Å². The molecule has 2 aliphatic rings. The summed E-state index contributed by atoms with van der Waals surface area (Å²) in [5, 5.41) is 0. The quantitative estimate of drug-likeness (QED) is 0.535. The summed E-state index contributed by atoms with van der Waals surface area (Å²) in [6.45, 7) is 3.03. The molecule has 0 amide bonds. The molecule has 92 valence electrons. The predicted octanol–water partition coefficient (Wildman–Crippen LogP) is 1.33. The van der Waals surface area contributed by atoms with Crippen molar-refractivity contribution in [1.82, 2.24) is 0 Å². The monoisotopic (exact) mass is 320 g/mol. The Labute approximate surface area is 115 Å². The maximum atomic E-state index is 4.53. The van der Waals surface area contributed by atoms with Crippen LogP contribution in [0.4, 0.5) is 0 Å². The summed E-state index contributed by atoms with van der Waals surface area (Å²) in [7, 11) is 0. The molecule has 0 saturated heterocycles. The summed E-state index contributed by atoms with van der Waals surface area (Å²) in [5.74, 6) is 0. The molecule has 3 rings (SSSR count). The van der Waals surface area contributed by atoms with Crippen molar-refractivity contribution in [3.05, 3.63) is 36.4 Å². The van der Waals surface area contributed by atoms with Gasteiger partial charge in [0.25, 0.3) is 0 Å². The van der Waals surface area contributed by atoms with Gasteiger partial charge in [0.1, 0.15) is 0 Å². The van der Waals surface area contributed by atoms with Crippen LogP contribution in [0.15, 0.2) is 40.3 Å². The van der Waals surface area contributed by atoms with Crippen molar-refractivity contribution in [2.45, 2.75) is 0 Å². The predicted molar refractivity (Wildman–Crippen MR) is 61.8 cm³/mol. The van der Waals surface area contributed by atoms with E-state index in [2.05, 4.69) is 38.3 Å². The summed E-state index contributed by atoms with van der Waals surface area (Å²) in [6.07, 6.45) is 4.69. The molecular weight excluding hydrogens is 307 g/mol. The van der Waals surface area contributed by atoms with Crippen LogP contribution in [-0.4, -0.2) is 39.1 Å². The molecule has 17 heavy (non-hydrogen) atoms. The first kappa shape index (κ1) is 15.8. The minimum absolute atomic E-state index is 0. The van der Waals surface area contributed by atoms with Gasteiger partial charge in [0.2, 0.25) is 0 Å². The Morgan fingerprint density at radius 2 is 1.35 bits per heavy atom. The normalized spacial score (nSPS) is 14.1. The van der Waals surface area contributed by atoms with Crippen LogP contribution in [0.2, 0.25) is 0 Å². The van der Waals surface area contributed by atoms with Crippen molar-refractivity contribution in [2.24, 2.45) is 9.98 Å². The Bertz CT molecular complexity index is 250. The number of rotatable bonds is 0. The average molecular weight is 320 g/mol. The zero-order chi connectivity index (χ0) is 11.3. The Morgan fingerprint density at radius 3 is 1.47 bits per heavy atom. The molecule has 0 aliphatic carbocycles. The molecule has 0 bridgehead atoms. The summed E-state index contributed by atoms with van der Waals surface area (Å²) < 4.78 is 9.06. The standard InChI is InChI=1S/C6H5.2C3H4NO.Rh/c1-2-4-6-5-3-1;2*1-2-5-3-4-1;/h1-5H;2*1-2H2;/q3*-1;+3. The van der Waals surface area contributed by atoms with Gasteiger partial charge in [-0.05, 0) is 0 Å². The molecule has 0 aromatic heterocycles. The fourth-order valence-corrected chi connectivity index (χ4v) is 0.798. The number of aliphatic imine (C=N–C) groups is 2. The van der Waals surface area contributed by atoms with E-state index < -0.39 is 0 Å². The maximum Gasteiger partial charge on any atom is 3.00 e. The van der Waals surface area contributed by atoms with Crippen molar-refractivity contribution in [3.63, 3.8) is 0 Å². The van der Waals surface area contributed by atoms with Crippen LogP contribution in [0, 0.1) is 6.07 Å². The minimum Gasteiger partial charge on any atom is -0.674 e. The van der Waals surface area contributed by atoms with E-state index in [1.165, 1.54) is 0 Å². The number of hydrogen-bond donors (Lipinski definition) is 0. The van der Waals surface area contributed by atoms with Gasteiger partial charge < -0.3 is 19.5 Å². The fraction of sp³-hybridized carbons (Fsp3) is 0.333. The maximum absolute atomic E-state index is 4.53. The van der Waals surface area contributed by atoms with E-state index in [1.807, 2.05) is 30.3 Å². The second-order valence-electron chi connectivity index (χ2n) is 2.72. The number of ether oxygens (including phenoxy) is 2. The number of nitrogens with zero attached hydrogens (tertiary/aromatic N) is 2. The zero-order valence-electron chi connectivity index (χ0n) is 9.26. The third kappa shape index (κ3) is 11.1. The topological polar surface area (TPSA) is 43.2 Å². The van der Waals surface area contributed by atoms with E-state index in [1.54, 1.807) is 0 Å².